The van der Waals surface area contributed by atoms with Gasteiger partial charge in [-0.1, -0.05) is 6.07 Å². The molecule has 0 saturated carbocycles. The summed E-state index contributed by atoms with van der Waals surface area (Å²) in [5, 5.41) is 4.06. The molecule has 6 nitrogen and oxygen atoms in total. The highest BCUT2D eigenvalue weighted by Crippen LogP contribution is 2.17. The Balaban J connectivity index is 1.71. The van der Waals surface area contributed by atoms with Gasteiger partial charge in [0.05, 0.1) is 16.8 Å². The lowest BCUT2D eigenvalue weighted by atomic mass is 10.2. The normalized spacial score (nSPS) is 11.6. The number of pyridine rings is 1. The molecule has 2 heterocycles. The van der Waals surface area contributed by atoms with E-state index >= 15 is 0 Å². The van der Waals surface area contributed by atoms with Crippen molar-refractivity contribution in [2.45, 2.75) is 11.4 Å². The van der Waals surface area contributed by atoms with Gasteiger partial charge in [-0.15, -0.1) is 0 Å². The van der Waals surface area contributed by atoms with Crippen LogP contribution in [0, 0.1) is 11.6 Å². The smallest absolute Gasteiger partial charge is 0.240 e. The number of aromatic nitrogens is 3. The third-order valence-corrected chi connectivity index (χ3v) is 4.89. The lowest BCUT2D eigenvalue weighted by Crippen LogP contribution is -2.23. The van der Waals surface area contributed by atoms with Crippen LogP contribution in [0.5, 0.6) is 0 Å². The van der Waals surface area contributed by atoms with Crippen molar-refractivity contribution in [2.24, 2.45) is 7.05 Å². The molecular weight excluding hydrogens is 350 g/mol. The first-order valence-electron chi connectivity index (χ1n) is 7.24. The number of hydrogen-bond donors (Lipinski definition) is 1. The molecule has 0 spiro atoms. The molecule has 0 atom stereocenters. The molecule has 130 valence electrons. The molecule has 1 N–H and O–H groups in total. The van der Waals surface area contributed by atoms with Gasteiger partial charge in [-0.05, 0) is 29.8 Å². The lowest BCUT2D eigenvalue weighted by Gasteiger charge is -2.07. The molecular formula is C16H14F2N4O2S. The fourth-order valence-corrected chi connectivity index (χ4v) is 3.19. The molecule has 0 fully saturated rings. The second kappa shape index (κ2) is 6.69. The third kappa shape index (κ3) is 3.89. The Kier molecular flexibility index (Phi) is 4.60. The first-order chi connectivity index (χ1) is 11.8. The fraction of sp³-hybridized carbons (Fsp3) is 0.125. The number of nitrogens with one attached hydrogen (secondary N) is 1. The second-order valence-electron chi connectivity index (χ2n) is 5.35. The van der Waals surface area contributed by atoms with E-state index < -0.39 is 21.7 Å². The van der Waals surface area contributed by atoms with Crippen molar-refractivity contribution in [2.75, 3.05) is 0 Å². The number of aryl methyl sites for hydroxylation is 1. The van der Waals surface area contributed by atoms with Crippen LogP contribution in [0.25, 0.3) is 11.3 Å². The Morgan fingerprint density at radius 3 is 2.52 bits per heavy atom. The lowest BCUT2D eigenvalue weighted by molar-refractivity contribution is 0.504. The van der Waals surface area contributed by atoms with Crippen LogP contribution in [-0.4, -0.2) is 23.2 Å². The van der Waals surface area contributed by atoms with E-state index in [4.69, 9.17) is 0 Å². The Hall–Kier alpha value is -2.65. The summed E-state index contributed by atoms with van der Waals surface area (Å²) in [6, 6.07) is 5.89. The van der Waals surface area contributed by atoms with Crippen molar-refractivity contribution >= 4 is 10.0 Å². The maximum Gasteiger partial charge on any atom is 0.240 e. The van der Waals surface area contributed by atoms with E-state index in [9.17, 15) is 17.2 Å². The van der Waals surface area contributed by atoms with E-state index in [-0.39, 0.29) is 11.4 Å². The molecule has 2 aromatic heterocycles. The fourth-order valence-electron chi connectivity index (χ4n) is 2.16. The molecule has 25 heavy (non-hydrogen) atoms. The van der Waals surface area contributed by atoms with Crippen LogP contribution in [0.2, 0.25) is 0 Å². The molecule has 0 unspecified atom stereocenters. The summed E-state index contributed by atoms with van der Waals surface area (Å²) in [5.41, 5.74) is 2.18. The summed E-state index contributed by atoms with van der Waals surface area (Å²) in [5.74, 6) is -2.32. The predicted molar refractivity (Wildman–Crippen MR) is 86.8 cm³/mol. The van der Waals surface area contributed by atoms with Gasteiger partial charge in [0.1, 0.15) is 0 Å². The van der Waals surface area contributed by atoms with E-state index in [1.165, 1.54) is 6.20 Å². The van der Waals surface area contributed by atoms with E-state index in [0.29, 0.717) is 17.3 Å². The minimum Gasteiger partial charge on any atom is -0.275 e. The molecule has 0 radical (unpaired) electrons. The standard InChI is InChI=1S/C16H14F2N4O2S/c1-22-10-12(9-20-22)16-5-2-11(7-19-16)8-21-25(23,24)13-3-4-14(17)15(18)6-13/h2-7,9-10,21H,8H2,1H3. The molecule has 1 aromatic carbocycles. The van der Waals surface area contributed by atoms with Gasteiger partial charge in [-0.25, -0.2) is 21.9 Å². The van der Waals surface area contributed by atoms with Crippen molar-refractivity contribution in [3.8, 4) is 11.3 Å². The highest BCUT2D eigenvalue weighted by atomic mass is 32.2. The maximum absolute atomic E-state index is 13.2. The average molecular weight is 364 g/mol. The Bertz CT molecular complexity index is 1000. The summed E-state index contributed by atoms with van der Waals surface area (Å²) in [6.45, 7) is -0.0261. The number of rotatable bonds is 5. The average Bonchev–Trinajstić information content (AvgIpc) is 3.02. The summed E-state index contributed by atoms with van der Waals surface area (Å²) < 4.78 is 54.3. The van der Waals surface area contributed by atoms with Crippen molar-refractivity contribution in [3.63, 3.8) is 0 Å². The first-order valence-corrected chi connectivity index (χ1v) is 8.72. The van der Waals surface area contributed by atoms with Crippen molar-refractivity contribution in [3.05, 3.63) is 66.1 Å². The molecule has 0 amide bonds. The monoisotopic (exact) mass is 364 g/mol. The van der Waals surface area contributed by atoms with E-state index in [0.717, 1.165) is 17.7 Å². The van der Waals surface area contributed by atoms with E-state index in [1.807, 2.05) is 6.20 Å². The van der Waals surface area contributed by atoms with Crippen LogP contribution in [0.4, 0.5) is 8.78 Å². The number of nitrogens with zero attached hydrogens (tertiary/aromatic N) is 3. The van der Waals surface area contributed by atoms with Crippen LogP contribution in [-0.2, 0) is 23.6 Å². The van der Waals surface area contributed by atoms with Crippen molar-refractivity contribution < 1.29 is 17.2 Å². The predicted octanol–water partition coefficient (Wildman–Crippen LogP) is 2.24. The van der Waals surface area contributed by atoms with Gasteiger partial charge in [0.25, 0.3) is 0 Å². The zero-order valence-corrected chi connectivity index (χ0v) is 14.0. The number of benzene rings is 1. The summed E-state index contributed by atoms with van der Waals surface area (Å²) in [6.07, 6.45) is 5.03. The number of halogens is 2. The van der Waals surface area contributed by atoms with E-state index in [2.05, 4.69) is 14.8 Å². The van der Waals surface area contributed by atoms with Crippen LogP contribution >= 0.6 is 0 Å². The molecule has 0 aliphatic heterocycles. The first kappa shape index (κ1) is 17.2. The number of hydrogen-bond acceptors (Lipinski definition) is 4. The highest BCUT2D eigenvalue weighted by Gasteiger charge is 2.16. The Morgan fingerprint density at radius 2 is 1.92 bits per heavy atom. The van der Waals surface area contributed by atoms with Gasteiger partial charge in [0.15, 0.2) is 11.6 Å². The van der Waals surface area contributed by atoms with Gasteiger partial charge in [-0.2, -0.15) is 5.10 Å². The molecule has 3 aromatic rings. The van der Waals surface area contributed by atoms with Crippen LogP contribution in [0.1, 0.15) is 5.56 Å². The molecule has 3 rings (SSSR count). The second-order valence-corrected chi connectivity index (χ2v) is 7.12. The zero-order valence-electron chi connectivity index (χ0n) is 13.1. The minimum absolute atomic E-state index is 0.0261. The van der Waals surface area contributed by atoms with Gasteiger partial charge in [0, 0.05) is 31.5 Å². The molecule has 9 heteroatoms. The van der Waals surface area contributed by atoms with Crippen LogP contribution in [0.15, 0.2) is 53.8 Å². The molecule has 0 saturated heterocycles. The molecule has 0 aliphatic carbocycles. The highest BCUT2D eigenvalue weighted by molar-refractivity contribution is 7.89. The quantitative estimate of drug-likeness (QED) is 0.753. The van der Waals surface area contributed by atoms with Crippen molar-refractivity contribution in [1.29, 1.82) is 0 Å². The summed E-state index contributed by atoms with van der Waals surface area (Å²) >= 11 is 0. The number of sulfonamides is 1. The largest absolute Gasteiger partial charge is 0.275 e. The third-order valence-electron chi connectivity index (χ3n) is 3.49. The summed E-state index contributed by atoms with van der Waals surface area (Å²) in [7, 11) is -2.16. The zero-order chi connectivity index (χ0) is 18.0. The Labute approximate surface area is 143 Å². The van der Waals surface area contributed by atoms with Gasteiger partial charge in [0.2, 0.25) is 10.0 Å². The molecule has 0 bridgehead atoms. The SMILES string of the molecule is Cn1cc(-c2ccc(CNS(=O)(=O)c3ccc(F)c(F)c3)cn2)cn1. The van der Waals surface area contributed by atoms with E-state index in [1.54, 1.807) is 30.1 Å². The van der Waals surface area contributed by atoms with Gasteiger partial charge >= 0.3 is 0 Å². The minimum atomic E-state index is -3.95. The summed E-state index contributed by atoms with van der Waals surface area (Å²) in [4.78, 5) is 3.92. The molecule has 0 aliphatic rings. The topological polar surface area (TPSA) is 76.9 Å². The van der Waals surface area contributed by atoms with Crippen LogP contribution in [0.3, 0.4) is 0 Å². The van der Waals surface area contributed by atoms with Gasteiger partial charge < -0.3 is 0 Å². The van der Waals surface area contributed by atoms with Gasteiger partial charge in [-0.3, -0.25) is 9.67 Å². The van der Waals surface area contributed by atoms with Crippen molar-refractivity contribution in [1.82, 2.24) is 19.5 Å². The van der Waals surface area contributed by atoms with Crippen LogP contribution < -0.4 is 4.72 Å². The maximum atomic E-state index is 13.2. The Morgan fingerprint density at radius 1 is 1.12 bits per heavy atom.